The highest BCUT2D eigenvalue weighted by Gasteiger charge is 2.25. The highest BCUT2D eigenvalue weighted by atomic mass is 15.3. The van der Waals surface area contributed by atoms with Crippen molar-refractivity contribution in [3.05, 3.63) is 48.0 Å². The van der Waals surface area contributed by atoms with Crippen molar-refractivity contribution in [3.63, 3.8) is 0 Å². The zero-order chi connectivity index (χ0) is 17.0. The van der Waals surface area contributed by atoms with Crippen molar-refractivity contribution in [2.75, 3.05) is 0 Å². The molecule has 0 spiro atoms. The SMILES string of the molecule is Cc1cccc(-c2nn3c(c2-c2cnc4c(cnn4C)c2)CCC3)n1. The lowest BCUT2D eigenvalue weighted by Gasteiger charge is -2.06. The first kappa shape index (κ1) is 14.3. The van der Waals surface area contributed by atoms with E-state index in [4.69, 9.17) is 10.1 Å². The summed E-state index contributed by atoms with van der Waals surface area (Å²) in [6.07, 6.45) is 5.97. The second-order valence-electron chi connectivity index (χ2n) is 6.57. The van der Waals surface area contributed by atoms with Crippen LogP contribution in [0.4, 0.5) is 0 Å². The molecule has 4 aromatic heterocycles. The number of hydrogen-bond donors (Lipinski definition) is 0. The Morgan fingerprint density at radius 1 is 1.16 bits per heavy atom. The predicted octanol–water partition coefficient (Wildman–Crippen LogP) is 3.15. The first-order valence-electron chi connectivity index (χ1n) is 8.52. The molecule has 6 nitrogen and oxygen atoms in total. The Balaban J connectivity index is 1.76. The van der Waals surface area contributed by atoms with Crippen LogP contribution in [0.3, 0.4) is 0 Å². The molecule has 124 valence electrons. The molecular formula is C19H18N6. The molecule has 0 bridgehead atoms. The van der Waals surface area contributed by atoms with Crippen LogP contribution in [-0.2, 0) is 20.0 Å². The minimum atomic E-state index is 0.891. The van der Waals surface area contributed by atoms with Crippen molar-refractivity contribution in [2.45, 2.75) is 26.3 Å². The molecule has 0 aromatic carbocycles. The fourth-order valence-electron chi connectivity index (χ4n) is 3.67. The van der Waals surface area contributed by atoms with Crippen LogP contribution in [-0.4, -0.2) is 29.5 Å². The highest BCUT2D eigenvalue weighted by Crippen LogP contribution is 2.37. The Bertz CT molecular complexity index is 1100. The van der Waals surface area contributed by atoms with Crippen molar-refractivity contribution >= 4 is 11.0 Å². The lowest BCUT2D eigenvalue weighted by atomic mass is 10.0. The van der Waals surface area contributed by atoms with Crippen LogP contribution in [0.2, 0.25) is 0 Å². The number of pyridine rings is 2. The lowest BCUT2D eigenvalue weighted by Crippen LogP contribution is -1.95. The van der Waals surface area contributed by atoms with Crippen LogP contribution in [0.15, 0.2) is 36.7 Å². The minimum absolute atomic E-state index is 0.891. The summed E-state index contributed by atoms with van der Waals surface area (Å²) < 4.78 is 3.92. The number of fused-ring (bicyclic) bond motifs is 2. The topological polar surface area (TPSA) is 61.4 Å². The van der Waals surface area contributed by atoms with Gasteiger partial charge in [0.15, 0.2) is 5.65 Å². The molecule has 5 heterocycles. The number of rotatable bonds is 2. The monoisotopic (exact) mass is 330 g/mol. The third kappa shape index (κ3) is 2.17. The first-order chi connectivity index (χ1) is 12.2. The van der Waals surface area contributed by atoms with E-state index in [1.807, 2.05) is 44.6 Å². The average Bonchev–Trinajstić information content (AvgIpc) is 3.29. The van der Waals surface area contributed by atoms with Gasteiger partial charge in [-0.2, -0.15) is 10.2 Å². The summed E-state index contributed by atoms with van der Waals surface area (Å²) in [6, 6.07) is 8.24. The predicted molar refractivity (Wildman–Crippen MR) is 96.0 cm³/mol. The van der Waals surface area contributed by atoms with Crippen molar-refractivity contribution in [1.82, 2.24) is 29.5 Å². The van der Waals surface area contributed by atoms with E-state index in [1.54, 1.807) is 4.68 Å². The van der Waals surface area contributed by atoms with Gasteiger partial charge in [0.05, 0.1) is 11.9 Å². The lowest BCUT2D eigenvalue weighted by molar-refractivity contribution is 0.658. The molecule has 1 aliphatic heterocycles. The van der Waals surface area contributed by atoms with Crippen LogP contribution in [0.5, 0.6) is 0 Å². The fraction of sp³-hybridized carbons (Fsp3) is 0.263. The number of nitrogens with zero attached hydrogens (tertiary/aromatic N) is 6. The smallest absolute Gasteiger partial charge is 0.157 e. The standard InChI is InChI=1S/C19H18N6/c1-12-5-3-6-15(22-12)18-17(16-7-4-8-25(16)23-18)13-9-14-11-21-24(2)19(14)20-10-13/h3,5-6,9-11H,4,7-8H2,1-2H3. The maximum atomic E-state index is 4.87. The van der Waals surface area contributed by atoms with E-state index in [2.05, 4.69) is 20.8 Å². The van der Waals surface area contributed by atoms with Crippen molar-refractivity contribution in [1.29, 1.82) is 0 Å². The molecule has 0 saturated carbocycles. The van der Waals surface area contributed by atoms with Gasteiger partial charge in [0.2, 0.25) is 0 Å². The zero-order valence-corrected chi connectivity index (χ0v) is 14.3. The summed E-state index contributed by atoms with van der Waals surface area (Å²) in [5.41, 5.74) is 7.28. The molecule has 0 N–H and O–H groups in total. The van der Waals surface area contributed by atoms with Crippen LogP contribution >= 0.6 is 0 Å². The molecule has 1 aliphatic rings. The van der Waals surface area contributed by atoms with Crippen LogP contribution in [0.25, 0.3) is 33.5 Å². The highest BCUT2D eigenvalue weighted by molar-refractivity contribution is 5.87. The Morgan fingerprint density at radius 3 is 2.96 bits per heavy atom. The molecule has 5 rings (SSSR count). The van der Waals surface area contributed by atoms with E-state index in [0.717, 1.165) is 58.6 Å². The third-order valence-corrected chi connectivity index (χ3v) is 4.83. The van der Waals surface area contributed by atoms with Gasteiger partial charge in [-0.25, -0.2) is 4.98 Å². The molecule has 0 fully saturated rings. The summed E-state index contributed by atoms with van der Waals surface area (Å²) >= 11 is 0. The van der Waals surface area contributed by atoms with Crippen molar-refractivity contribution in [2.24, 2.45) is 7.05 Å². The number of aryl methyl sites for hydroxylation is 3. The van der Waals surface area contributed by atoms with Crippen molar-refractivity contribution in [3.8, 4) is 22.5 Å². The maximum absolute atomic E-state index is 4.87. The first-order valence-corrected chi connectivity index (χ1v) is 8.52. The number of aromatic nitrogens is 6. The van der Waals surface area contributed by atoms with Gasteiger partial charge in [-0.15, -0.1) is 0 Å². The van der Waals surface area contributed by atoms with E-state index in [1.165, 1.54) is 5.69 Å². The van der Waals surface area contributed by atoms with E-state index in [0.29, 0.717) is 0 Å². The normalized spacial score (nSPS) is 13.5. The molecule has 25 heavy (non-hydrogen) atoms. The van der Waals surface area contributed by atoms with Crippen molar-refractivity contribution < 1.29 is 0 Å². The fourth-order valence-corrected chi connectivity index (χ4v) is 3.67. The quantitative estimate of drug-likeness (QED) is 0.566. The van der Waals surface area contributed by atoms with Gasteiger partial charge in [-0.05, 0) is 38.0 Å². The van der Waals surface area contributed by atoms with Gasteiger partial charge in [-0.3, -0.25) is 14.3 Å². The summed E-state index contributed by atoms with van der Waals surface area (Å²) in [5, 5.41) is 10.2. The summed E-state index contributed by atoms with van der Waals surface area (Å²) in [6.45, 7) is 2.98. The van der Waals surface area contributed by atoms with Crippen LogP contribution in [0, 0.1) is 6.92 Å². The Labute approximate surface area is 145 Å². The molecule has 0 atom stereocenters. The molecule has 0 unspecified atom stereocenters. The second-order valence-corrected chi connectivity index (χ2v) is 6.57. The molecule has 0 amide bonds. The molecular weight excluding hydrogens is 312 g/mol. The second kappa shape index (κ2) is 5.24. The number of hydrogen-bond acceptors (Lipinski definition) is 4. The molecule has 0 aliphatic carbocycles. The van der Waals surface area contributed by atoms with Gasteiger partial charge in [0, 0.05) is 47.7 Å². The van der Waals surface area contributed by atoms with E-state index in [9.17, 15) is 0 Å². The largest absolute Gasteiger partial charge is 0.268 e. The minimum Gasteiger partial charge on any atom is -0.268 e. The Hall–Kier alpha value is -3.02. The van der Waals surface area contributed by atoms with Gasteiger partial charge < -0.3 is 0 Å². The maximum Gasteiger partial charge on any atom is 0.157 e. The van der Waals surface area contributed by atoms with Crippen LogP contribution in [0.1, 0.15) is 17.8 Å². The molecule has 0 saturated heterocycles. The summed E-state index contributed by atoms with van der Waals surface area (Å²) in [7, 11) is 1.91. The van der Waals surface area contributed by atoms with E-state index >= 15 is 0 Å². The molecule has 4 aromatic rings. The molecule has 6 heteroatoms. The van der Waals surface area contributed by atoms with Gasteiger partial charge in [-0.1, -0.05) is 6.07 Å². The Kier molecular flexibility index (Phi) is 3.00. The summed E-state index contributed by atoms with van der Waals surface area (Å²) in [4.78, 5) is 9.31. The van der Waals surface area contributed by atoms with Gasteiger partial charge in [0.25, 0.3) is 0 Å². The van der Waals surface area contributed by atoms with E-state index in [-0.39, 0.29) is 0 Å². The average molecular weight is 330 g/mol. The third-order valence-electron chi connectivity index (χ3n) is 4.83. The van der Waals surface area contributed by atoms with E-state index < -0.39 is 0 Å². The van der Waals surface area contributed by atoms with Crippen LogP contribution < -0.4 is 0 Å². The van der Waals surface area contributed by atoms with Gasteiger partial charge >= 0.3 is 0 Å². The van der Waals surface area contributed by atoms with Gasteiger partial charge in [0.1, 0.15) is 5.69 Å². The summed E-state index contributed by atoms with van der Waals surface area (Å²) in [5.74, 6) is 0. The Morgan fingerprint density at radius 2 is 2.08 bits per heavy atom. The molecule has 0 radical (unpaired) electrons. The zero-order valence-electron chi connectivity index (χ0n) is 14.3.